The van der Waals surface area contributed by atoms with Crippen molar-refractivity contribution in [3.05, 3.63) is 41.9 Å². The van der Waals surface area contributed by atoms with E-state index in [2.05, 4.69) is 10.3 Å². The van der Waals surface area contributed by atoms with Gasteiger partial charge in [0.2, 0.25) is 0 Å². The summed E-state index contributed by atoms with van der Waals surface area (Å²) in [7, 11) is 0. The van der Waals surface area contributed by atoms with Gasteiger partial charge in [0.1, 0.15) is 11.5 Å². The third kappa shape index (κ3) is 3.44. The molecular formula is C12H18N4O. The molecule has 2 heterocycles. The summed E-state index contributed by atoms with van der Waals surface area (Å²) >= 11 is 0. The van der Waals surface area contributed by atoms with Crippen LogP contribution in [0.4, 0.5) is 0 Å². The van der Waals surface area contributed by atoms with Crippen molar-refractivity contribution in [2.24, 2.45) is 5.73 Å². The predicted molar refractivity (Wildman–Crippen MR) is 65.3 cm³/mol. The van der Waals surface area contributed by atoms with E-state index in [1.165, 1.54) is 0 Å². The molecule has 3 N–H and O–H groups in total. The van der Waals surface area contributed by atoms with Crippen LogP contribution < -0.4 is 11.1 Å². The molecule has 0 aliphatic heterocycles. The van der Waals surface area contributed by atoms with Gasteiger partial charge in [-0.2, -0.15) is 0 Å². The topological polar surface area (TPSA) is 69.0 Å². The van der Waals surface area contributed by atoms with E-state index in [9.17, 15) is 0 Å². The molecule has 2 aromatic rings. The van der Waals surface area contributed by atoms with Crippen molar-refractivity contribution >= 4 is 0 Å². The molecule has 0 aliphatic carbocycles. The van der Waals surface area contributed by atoms with Crippen LogP contribution in [0.3, 0.4) is 0 Å². The molecule has 92 valence electrons. The Labute approximate surface area is 101 Å². The van der Waals surface area contributed by atoms with E-state index < -0.39 is 0 Å². The van der Waals surface area contributed by atoms with E-state index in [-0.39, 0.29) is 0 Å². The maximum Gasteiger partial charge on any atom is 0.117 e. The monoisotopic (exact) mass is 234 g/mol. The molecule has 0 bridgehead atoms. The molecule has 0 fully saturated rings. The van der Waals surface area contributed by atoms with E-state index in [0.717, 1.165) is 36.8 Å². The fourth-order valence-corrected chi connectivity index (χ4v) is 1.66. The van der Waals surface area contributed by atoms with E-state index in [1.54, 1.807) is 6.33 Å². The van der Waals surface area contributed by atoms with Gasteiger partial charge in [-0.1, -0.05) is 0 Å². The largest absolute Gasteiger partial charge is 0.465 e. The van der Waals surface area contributed by atoms with Gasteiger partial charge in [-0.15, -0.1) is 0 Å². The van der Waals surface area contributed by atoms with Crippen molar-refractivity contribution in [1.29, 1.82) is 0 Å². The molecule has 0 saturated heterocycles. The summed E-state index contributed by atoms with van der Waals surface area (Å²) in [5.41, 5.74) is 6.49. The third-order valence-corrected chi connectivity index (χ3v) is 2.48. The lowest BCUT2D eigenvalue weighted by molar-refractivity contribution is 0.461. The van der Waals surface area contributed by atoms with Crippen molar-refractivity contribution in [3.8, 4) is 0 Å². The van der Waals surface area contributed by atoms with Crippen LogP contribution in [0, 0.1) is 6.92 Å². The zero-order valence-corrected chi connectivity index (χ0v) is 10.0. The van der Waals surface area contributed by atoms with Gasteiger partial charge in [0.25, 0.3) is 0 Å². The fraction of sp³-hybridized carbons (Fsp3) is 0.417. The number of nitrogens with one attached hydrogen (secondary N) is 1. The average molecular weight is 234 g/mol. The summed E-state index contributed by atoms with van der Waals surface area (Å²) in [4.78, 5) is 4.29. The van der Waals surface area contributed by atoms with Crippen LogP contribution in [0.15, 0.2) is 29.1 Å². The number of hydrogen-bond donors (Lipinski definition) is 2. The summed E-state index contributed by atoms with van der Waals surface area (Å²) in [6.45, 7) is 4.84. The van der Waals surface area contributed by atoms with E-state index in [4.69, 9.17) is 10.2 Å². The molecule has 5 nitrogen and oxygen atoms in total. The van der Waals surface area contributed by atoms with Crippen molar-refractivity contribution < 1.29 is 4.42 Å². The minimum absolute atomic E-state index is 0.634. The quantitative estimate of drug-likeness (QED) is 0.783. The molecule has 2 rings (SSSR count). The van der Waals surface area contributed by atoms with Crippen LogP contribution in [0.5, 0.6) is 0 Å². The Morgan fingerprint density at radius 2 is 2.29 bits per heavy atom. The first kappa shape index (κ1) is 11.9. The second-order valence-corrected chi connectivity index (χ2v) is 4.01. The van der Waals surface area contributed by atoms with E-state index >= 15 is 0 Å². The van der Waals surface area contributed by atoms with Crippen LogP contribution in [0.25, 0.3) is 0 Å². The molecular weight excluding hydrogens is 216 g/mol. The zero-order chi connectivity index (χ0) is 12.1. The van der Waals surface area contributed by atoms with Crippen LogP contribution in [-0.2, 0) is 19.6 Å². The first-order valence-corrected chi connectivity index (χ1v) is 5.74. The zero-order valence-electron chi connectivity index (χ0n) is 10.0. The van der Waals surface area contributed by atoms with Crippen LogP contribution in [0.2, 0.25) is 0 Å². The molecule has 5 heteroatoms. The molecule has 0 unspecified atom stereocenters. The highest BCUT2D eigenvalue weighted by molar-refractivity contribution is 5.05. The number of furan rings is 1. The summed E-state index contributed by atoms with van der Waals surface area (Å²) in [5.74, 6) is 1.89. The van der Waals surface area contributed by atoms with Crippen molar-refractivity contribution in [2.75, 3.05) is 6.54 Å². The third-order valence-electron chi connectivity index (χ3n) is 2.48. The first-order valence-electron chi connectivity index (χ1n) is 5.74. The highest BCUT2D eigenvalue weighted by Crippen LogP contribution is 2.05. The highest BCUT2D eigenvalue weighted by atomic mass is 16.3. The van der Waals surface area contributed by atoms with Gasteiger partial charge in [-0.25, -0.2) is 4.98 Å². The van der Waals surface area contributed by atoms with Gasteiger partial charge in [-0.3, -0.25) is 0 Å². The highest BCUT2D eigenvalue weighted by Gasteiger charge is 2.00. The standard InChI is InChI=1S/C12H18N4O/c1-10-2-3-12(17-10)7-14-6-11-8-16(5-4-13)9-15-11/h2-3,8-9,14H,4-7,13H2,1H3. The summed E-state index contributed by atoms with van der Waals surface area (Å²) in [5, 5.41) is 3.29. The number of hydrogen-bond acceptors (Lipinski definition) is 4. The number of aryl methyl sites for hydroxylation is 1. The van der Waals surface area contributed by atoms with E-state index in [1.807, 2.05) is 29.8 Å². The van der Waals surface area contributed by atoms with E-state index in [0.29, 0.717) is 6.54 Å². The molecule has 0 saturated carbocycles. The number of nitrogens with two attached hydrogens (primary N) is 1. The summed E-state index contributed by atoms with van der Waals surface area (Å²) in [6.07, 6.45) is 3.81. The molecule has 0 aliphatic rings. The van der Waals surface area contributed by atoms with Gasteiger partial charge in [0.15, 0.2) is 0 Å². The normalized spacial score (nSPS) is 10.9. The van der Waals surface area contributed by atoms with Crippen molar-refractivity contribution in [2.45, 2.75) is 26.6 Å². The minimum Gasteiger partial charge on any atom is -0.465 e. The molecule has 0 atom stereocenters. The van der Waals surface area contributed by atoms with Gasteiger partial charge in [0, 0.05) is 25.8 Å². The molecule has 2 aromatic heterocycles. The fourth-order valence-electron chi connectivity index (χ4n) is 1.66. The second-order valence-electron chi connectivity index (χ2n) is 4.01. The Bertz CT molecular complexity index is 461. The average Bonchev–Trinajstić information content (AvgIpc) is 2.89. The first-order chi connectivity index (χ1) is 8.28. The second kappa shape index (κ2) is 5.65. The Morgan fingerprint density at radius 1 is 1.41 bits per heavy atom. The smallest absolute Gasteiger partial charge is 0.117 e. The maximum atomic E-state index is 5.47. The number of nitrogens with zero attached hydrogens (tertiary/aromatic N) is 2. The van der Waals surface area contributed by atoms with Gasteiger partial charge >= 0.3 is 0 Å². The van der Waals surface area contributed by atoms with Gasteiger partial charge in [-0.05, 0) is 19.1 Å². The Balaban J connectivity index is 1.77. The van der Waals surface area contributed by atoms with Gasteiger partial charge < -0.3 is 20.0 Å². The maximum absolute atomic E-state index is 5.47. The SMILES string of the molecule is Cc1ccc(CNCc2cn(CCN)cn2)o1. The molecule has 0 aromatic carbocycles. The Morgan fingerprint density at radius 3 is 3.00 bits per heavy atom. The Hall–Kier alpha value is -1.59. The van der Waals surface area contributed by atoms with Crippen LogP contribution in [-0.4, -0.2) is 16.1 Å². The molecule has 0 amide bonds. The van der Waals surface area contributed by atoms with Crippen LogP contribution in [0.1, 0.15) is 17.2 Å². The number of imidazole rings is 1. The number of rotatable bonds is 6. The molecule has 17 heavy (non-hydrogen) atoms. The lowest BCUT2D eigenvalue weighted by Crippen LogP contribution is -2.12. The lowest BCUT2D eigenvalue weighted by atomic mass is 10.4. The lowest BCUT2D eigenvalue weighted by Gasteiger charge is -1.99. The van der Waals surface area contributed by atoms with Crippen molar-refractivity contribution in [1.82, 2.24) is 14.9 Å². The van der Waals surface area contributed by atoms with Crippen LogP contribution >= 0.6 is 0 Å². The Kier molecular flexibility index (Phi) is 3.95. The molecule has 0 spiro atoms. The summed E-state index contributed by atoms with van der Waals surface area (Å²) < 4.78 is 7.45. The number of aromatic nitrogens is 2. The van der Waals surface area contributed by atoms with Crippen molar-refractivity contribution in [3.63, 3.8) is 0 Å². The minimum atomic E-state index is 0.634. The molecule has 0 radical (unpaired) electrons. The van der Waals surface area contributed by atoms with Gasteiger partial charge in [0.05, 0.1) is 18.6 Å². The predicted octanol–water partition coefficient (Wildman–Crippen LogP) is 1.03. The summed E-state index contributed by atoms with van der Waals surface area (Å²) in [6, 6.07) is 3.95.